The molecule has 0 aliphatic heterocycles. The van der Waals surface area contributed by atoms with Crippen LogP contribution in [0.25, 0.3) is 0 Å². The molecule has 0 radical (unpaired) electrons. The van der Waals surface area contributed by atoms with Crippen molar-refractivity contribution in [1.29, 1.82) is 0 Å². The Kier molecular flexibility index (Phi) is 4.32. The lowest BCUT2D eigenvalue weighted by Gasteiger charge is -2.20. The van der Waals surface area contributed by atoms with Crippen LogP contribution < -0.4 is 16.4 Å². The first kappa shape index (κ1) is 13.0. The molecule has 1 rings (SSSR count). The first-order chi connectivity index (χ1) is 7.38. The number of amides is 1. The van der Waals surface area contributed by atoms with E-state index in [0.29, 0.717) is 13.1 Å². The van der Waals surface area contributed by atoms with Crippen LogP contribution in [0.5, 0.6) is 0 Å². The fraction of sp³-hybridized carbons (Fsp3) is 0.545. The van der Waals surface area contributed by atoms with Gasteiger partial charge >= 0.3 is 0 Å². The molecular weight excluding hydrogens is 222 g/mol. The van der Waals surface area contributed by atoms with Crippen LogP contribution in [0.1, 0.15) is 25.6 Å². The number of carbonyl (C=O) groups excluding carboxylic acids is 1. The normalized spacial score (nSPS) is 11.4. The van der Waals surface area contributed by atoms with Gasteiger partial charge < -0.3 is 16.4 Å². The van der Waals surface area contributed by atoms with Crippen molar-refractivity contribution in [2.45, 2.75) is 32.9 Å². The van der Waals surface area contributed by atoms with Crippen molar-refractivity contribution >= 4 is 22.9 Å². The zero-order valence-corrected chi connectivity index (χ0v) is 10.8. The van der Waals surface area contributed by atoms with Crippen molar-refractivity contribution in [2.24, 2.45) is 0 Å². The number of carbonyl (C=O) groups is 1. The molecule has 0 saturated heterocycles. The molecule has 90 valence electrons. The van der Waals surface area contributed by atoms with Gasteiger partial charge in [-0.25, -0.2) is 0 Å². The molecule has 1 amide bonds. The topological polar surface area (TPSA) is 67.2 Å². The van der Waals surface area contributed by atoms with E-state index in [0.717, 1.165) is 10.6 Å². The van der Waals surface area contributed by atoms with Crippen LogP contribution in [0.2, 0.25) is 0 Å². The molecule has 0 spiro atoms. The summed E-state index contributed by atoms with van der Waals surface area (Å²) in [6.45, 7) is 6.84. The summed E-state index contributed by atoms with van der Waals surface area (Å²) in [4.78, 5) is 12.5. The lowest BCUT2D eigenvalue weighted by atomic mass is 10.1. The van der Waals surface area contributed by atoms with Gasteiger partial charge in [-0.3, -0.25) is 4.79 Å². The maximum absolute atomic E-state index is 11.5. The van der Waals surface area contributed by atoms with Gasteiger partial charge in [-0.2, -0.15) is 0 Å². The minimum atomic E-state index is -0.180. The minimum Gasteiger partial charge on any atom is -0.398 e. The third-order valence-electron chi connectivity index (χ3n) is 1.87. The smallest absolute Gasteiger partial charge is 0.234 e. The number of anilines is 1. The van der Waals surface area contributed by atoms with Crippen LogP contribution >= 0.6 is 11.3 Å². The van der Waals surface area contributed by atoms with E-state index in [9.17, 15) is 4.79 Å². The predicted octanol–water partition coefficient (Wildman–Crippen LogP) is 1.33. The maximum atomic E-state index is 11.5. The number of hydrogen-bond acceptors (Lipinski definition) is 4. The van der Waals surface area contributed by atoms with Crippen LogP contribution in [-0.2, 0) is 11.3 Å². The minimum absolute atomic E-state index is 0.00243. The van der Waals surface area contributed by atoms with Gasteiger partial charge in [0, 0.05) is 22.6 Å². The molecular formula is C11H19N3OS. The first-order valence-corrected chi connectivity index (χ1v) is 6.10. The maximum Gasteiger partial charge on any atom is 0.234 e. The van der Waals surface area contributed by atoms with Crippen LogP contribution in [0, 0.1) is 0 Å². The summed E-state index contributed by atoms with van der Waals surface area (Å²) >= 11 is 1.60. The van der Waals surface area contributed by atoms with Crippen molar-refractivity contribution in [2.75, 3.05) is 12.3 Å². The number of thiophene rings is 1. The van der Waals surface area contributed by atoms with E-state index in [1.54, 1.807) is 11.3 Å². The number of nitrogens with two attached hydrogens (primary N) is 1. The van der Waals surface area contributed by atoms with Crippen molar-refractivity contribution in [3.05, 3.63) is 16.3 Å². The molecule has 4 N–H and O–H groups in total. The molecule has 5 heteroatoms. The summed E-state index contributed by atoms with van der Waals surface area (Å²) in [7, 11) is 0. The van der Waals surface area contributed by atoms with E-state index in [4.69, 9.17) is 5.73 Å². The summed E-state index contributed by atoms with van der Waals surface area (Å²) in [6, 6.07) is 1.87. The van der Waals surface area contributed by atoms with Gasteiger partial charge in [-0.15, -0.1) is 11.3 Å². The largest absolute Gasteiger partial charge is 0.398 e. The van der Waals surface area contributed by atoms with Gasteiger partial charge in [0.2, 0.25) is 5.91 Å². The standard InChI is InChI=1S/C11H19N3OS/c1-11(2,3)14-10(15)7-13-6-9-8(12)4-5-16-9/h4-5,13H,6-7,12H2,1-3H3,(H,14,15). The molecule has 0 unspecified atom stereocenters. The molecule has 1 aromatic rings. The van der Waals surface area contributed by atoms with Crippen molar-refractivity contribution in [3.8, 4) is 0 Å². The van der Waals surface area contributed by atoms with E-state index in [2.05, 4.69) is 10.6 Å². The Balaban J connectivity index is 2.26. The Labute approximate surface area is 100 Å². The molecule has 0 fully saturated rings. The van der Waals surface area contributed by atoms with E-state index >= 15 is 0 Å². The van der Waals surface area contributed by atoms with Crippen LogP contribution in [-0.4, -0.2) is 18.0 Å². The van der Waals surface area contributed by atoms with Gasteiger partial charge in [0.05, 0.1) is 6.54 Å². The number of rotatable bonds is 4. The van der Waals surface area contributed by atoms with E-state index < -0.39 is 0 Å². The second kappa shape index (κ2) is 5.32. The predicted molar refractivity (Wildman–Crippen MR) is 68.3 cm³/mol. The highest BCUT2D eigenvalue weighted by molar-refractivity contribution is 7.10. The third kappa shape index (κ3) is 4.63. The number of nitrogen functional groups attached to an aromatic ring is 1. The Bertz CT molecular complexity index is 354. The highest BCUT2D eigenvalue weighted by Crippen LogP contribution is 2.17. The fourth-order valence-electron chi connectivity index (χ4n) is 1.25. The molecule has 0 aliphatic rings. The Morgan fingerprint density at radius 1 is 1.50 bits per heavy atom. The van der Waals surface area contributed by atoms with Crippen molar-refractivity contribution in [3.63, 3.8) is 0 Å². The summed E-state index contributed by atoms with van der Waals surface area (Å²) in [5.74, 6) is 0.00243. The van der Waals surface area contributed by atoms with Gasteiger partial charge in [-0.1, -0.05) is 0 Å². The molecule has 1 aromatic heterocycles. The lowest BCUT2D eigenvalue weighted by Crippen LogP contribution is -2.44. The monoisotopic (exact) mass is 241 g/mol. The van der Waals surface area contributed by atoms with Crippen LogP contribution in [0.3, 0.4) is 0 Å². The summed E-state index contributed by atoms with van der Waals surface area (Å²) < 4.78 is 0. The van der Waals surface area contributed by atoms with Gasteiger partial charge in [-0.05, 0) is 32.2 Å². The average Bonchev–Trinajstić information content (AvgIpc) is 2.48. The van der Waals surface area contributed by atoms with Crippen molar-refractivity contribution in [1.82, 2.24) is 10.6 Å². The molecule has 1 heterocycles. The third-order valence-corrected chi connectivity index (χ3v) is 2.80. The lowest BCUT2D eigenvalue weighted by molar-refractivity contribution is -0.121. The second-order valence-corrected chi connectivity index (χ2v) is 5.70. The van der Waals surface area contributed by atoms with Gasteiger partial charge in [0.25, 0.3) is 0 Å². The average molecular weight is 241 g/mol. The summed E-state index contributed by atoms with van der Waals surface area (Å²) in [5, 5.41) is 7.90. The number of hydrogen-bond donors (Lipinski definition) is 3. The SMILES string of the molecule is CC(C)(C)NC(=O)CNCc1sccc1N. The van der Waals surface area contributed by atoms with E-state index in [-0.39, 0.29) is 11.4 Å². The van der Waals surface area contributed by atoms with E-state index in [1.165, 1.54) is 0 Å². The van der Waals surface area contributed by atoms with Crippen LogP contribution in [0.4, 0.5) is 5.69 Å². The first-order valence-electron chi connectivity index (χ1n) is 5.22. The molecule has 16 heavy (non-hydrogen) atoms. The number of nitrogens with one attached hydrogen (secondary N) is 2. The van der Waals surface area contributed by atoms with Gasteiger partial charge in [0.15, 0.2) is 0 Å². The van der Waals surface area contributed by atoms with Gasteiger partial charge in [0.1, 0.15) is 0 Å². The Morgan fingerprint density at radius 2 is 2.19 bits per heavy atom. The van der Waals surface area contributed by atoms with Crippen LogP contribution in [0.15, 0.2) is 11.4 Å². The molecule has 0 aliphatic carbocycles. The van der Waals surface area contributed by atoms with E-state index in [1.807, 2.05) is 32.2 Å². The highest BCUT2D eigenvalue weighted by atomic mass is 32.1. The molecule has 0 saturated carbocycles. The highest BCUT2D eigenvalue weighted by Gasteiger charge is 2.13. The Hall–Kier alpha value is -1.07. The zero-order valence-electron chi connectivity index (χ0n) is 9.96. The zero-order chi connectivity index (χ0) is 12.2. The molecule has 0 aromatic carbocycles. The Morgan fingerprint density at radius 3 is 2.69 bits per heavy atom. The molecule has 4 nitrogen and oxygen atoms in total. The summed E-state index contributed by atoms with van der Waals surface area (Å²) in [6.07, 6.45) is 0. The fourth-order valence-corrected chi connectivity index (χ4v) is 2.01. The quantitative estimate of drug-likeness (QED) is 0.745. The molecule has 0 atom stereocenters. The summed E-state index contributed by atoms with van der Waals surface area (Å²) in [5.41, 5.74) is 6.34. The molecule has 0 bridgehead atoms. The second-order valence-electron chi connectivity index (χ2n) is 4.70. The van der Waals surface area contributed by atoms with Crippen molar-refractivity contribution < 1.29 is 4.79 Å².